The van der Waals surface area contributed by atoms with Crippen molar-refractivity contribution in [3.05, 3.63) is 48.0 Å². The molecular formula is C16H17NO4. The summed E-state index contributed by atoms with van der Waals surface area (Å²) in [5.41, 5.74) is 1.68. The monoisotopic (exact) mass is 287 g/mol. The van der Waals surface area contributed by atoms with Crippen LogP contribution in [-0.2, 0) is 0 Å². The molecule has 0 aliphatic carbocycles. The molecule has 3 rings (SSSR count). The highest BCUT2D eigenvalue weighted by molar-refractivity contribution is 5.55. The Hall–Kier alpha value is -2.40. The van der Waals surface area contributed by atoms with E-state index in [9.17, 15) is 5.11 Å². The summed E-state index contributed by atoms with van der Waals surface area (Å²) >= 11 is 0. The first-order valence-electron chi connectivity index (χ1n) is 6.72. The van der Waals surface area contributed by atoms with Crippen molar-refractivity contribution in [3.63, 3.8) is 0 Å². The van der Waals surface area contributed by atoms with Crippen LogP contribution < -0.4 is 19.5 Å². The van der Waals surface area contributed by atoms with Gasteiger partial charge in [-0.25, -0.2) is 0 Å². The average Bonchev–Trinajstić information content (AvgIpc) is 3.00. The van der Waals surface area contributed by atoms with Gasteiger partial charge >= 0.3 is 0 Å². The first kappa shape index (κ1) is 13.6. The molecule has 0 amide bonds. The summed E-state index contributed by atoms with van der Waals surface area (Å²) in [6, 6.07) is 13.0. The zero-order valence-electron chi connectivity index (χ0n) is 11.7. The molecule has 5 heteroatoms. The molecule has 1 atom stereocenters. The van der Waals surface area contributed by atoms with Gasteiger partial charge in [0.25, 0.3) is 0 Å². The number of ether oxygens (including phenoxy) is 3. The minimum Gasteiger partial charge on any atom is -0.497 e. The minimum atomic E-state index is -0.620. The Balaban J connectivity index is 1.64. The Labute approximate surface area is 123 Å². The van der Waals surface area contributed by atoms with Gasteiger partial charge in [-0.3, -0.25) is 0 Å². The molecule has 0 aromatic heterocycles. The number of methoxy groups -OCH3 is 1. The van der Waals surface area contributed by atoms with Crippen LogP contribution in [0.2, 0.25) is 0 Å². The number of aliphatic hydroxyl groups is 1. The van der Waals surface area contributed by atoms with Crippen molar-refractivity contribution in [2.45, 2.75) is 6.10 Å². The van der Waals surface area contributed by atoms with Crippen molar-refractivity contribution in [3.8, 4) is 17.2 Å². The molecule has 0 radical (unpaired) electrons. The largest absolute Gasteiger partial charge is 0.497 e. The lowest BCUT2D eigenvalue weighted by molar-refractivity contribution is 0.174. The number of benzene rings is 2. The molecule has 110 valence electrons. The van der Waals surface area contributed by atoms with E-state index < -0.39 is 6.10 Å². The van der Waals surface area contributed by atoms with Gasteiger partial charge in [-0.1, -0.05) is 12.1 Å². The third-order valence-corrected chi connectivity index (χ3v) is 3.35. The highest BCUT2D eigenvalue weighted by Crippen LogP contribution is 2.34. The minimum absolute atomic E-state index is 0.255. The second kappa shape index (κ2) is 5.93. The Morgan fingerprint density at radius 1 is 1.19 bits per heavy atom. The summed E-state index contributed by atoms with van der Waals surface area (Å²) < 4.78 is 15.7. The van der Waals surface area contributed by atoms with Crippen molar-refractivity contribution in [1.29, 1.82) is 0 Å². The maximum Gasteiger partial charge on any atom is 0.231 e. The van der Waals surface area contributed by atoms with Gasteiger partial charge in [0, 0.05) is 18.3 Å². The summed E-state index contributed by atoms with van der Waals surface area (Å²) in [5, 5.41) is 13.4. The number of nitrogens with one attached hydrogen (secondary N) is 1. The molecule has 1 unspecified atom stereocenters. The number of hydrogen-bond donors (Lipinski definition) is 2. The van der Waals surface area contributed by atoms with Gasteiger partial charge in [0.05, 0.1) is 13.2 Å². The zero-order chi connectivity index (χ0) is 14.7. The molecular weight excluding hydrogens is 270 g/mol. The fourth-order valence-corrected chi connectivity index (χ4v) is 2.19. The normalized spacial score (nSPS) is 13.8. The number of aliphatic hydroxyl groups excluding tert-OH is 1. The van der Waals surface area contributed by atoms with Crippen molar-refractivity contribution in [1.82, 2.24) is 0 Å². The first-order chi connectivity index (χ1) is 10.3. The number of fused-ring (bicyclic) bond motifs is 1. The molecule has 0 saturated carbocycles. The maximum absolute atomic E-state index is 10.2. The number of anilines is 1. The van der Waals surface area contributed by atoms with Gasteiger partial charge in [-0.15, -0.1) is 0 Å². The number of rotatable bonds is 5. The Morgan fingerprint density at radius 2 is 2.05 bits per heavy atom. The smallest absolute Gasteiger partial charge is 0.231 e. The molecule has 5 nitrogen and oxygen atoms in total. The summed E-state index contributed by atoms with van der Waals surface area (Å²) in [5.74, 6) is 2.19. The second-order valence-corrected chi connectivity index (χ2v) is 4.74. The van der Waals surface area contributed by atoms with E-state index in [0.29, 0.717) is 6.54 Å². The van der Waals surface area contributed by atoms with E-state index in [-0.39, 0.29) is 6.79 Å². The van der Waals surface area contributed by atoms with Crippen LogP contribution in [0, 0.1) is 0 Å². The van der Waals surface area contributed by atoms with Gasteiger partial charge in [0.1, 0.15) is 5.75 Å². The Morgan fingerprint density at radius 3 is 2.90 bits per heavy atom. The molecule has 21 heavy (non-hydrogen) atoms. The molecule has 2 aromatic rings. The lowest BCUT2D eigenvalue weighted by atomic mass is 10.1. The SMILES string of the molecule is COc1cccc(C(O)CNc2ccc3c(c2)OCO3)c1. The fourth-order valence-electron chi connectivity index (χ4n) is 2.19. The van der Waals surface area contributed by atoms with Crippen LogP contribution in [0.25, 0.3) is 0 Å². The molecule has 1 aliphatic heterocycles. The van der Waals surface area contributed by atoms with E-state index in [2.05, 4.69) is 5.32 Å². The standard InChI is InChI=1S/C16H17NO4/c1-19-13-4-2-3-11(7-13)14(18)9-17-12-5-6-15-16(8-12)21-10-20-15/h2-8,14,17-18H,9-10H2,1H3. The van der Waals surface area contributed by atoms with Crippen LogP contribution in [-0.4, -0.2) is 25.6 Å². The van der Waals surface area contributed by atoms with Crippen LogP contribution in [0.5, 0.6) is 17.2 Å². The molecule has 0 fully saturated rings. The summed E-state index contributed by atoms with van der Waals surface area (Å²) in [4.78, 5) is 0. The van der Waals surface area contributed by atoms with Gasteiger partial charge < -0.3 is 24.6 Å². The van der Waals surface area contributed by atoms with E-state index in [1.54, 1.807) is 7.11 Å². The van der Waals surface area contributed by atoms with Crippen LogP contribution >= 0.6 is 0 Å². The van der Waals surface area contributed by atoms with Gasteiger partial charge in [0.2, 0.25) is 6.79 Å². The maximum atomic E-state index is 10.2. The predicted molar refractivity (Wildman–Crippen MR) is 79.0 cm³/mol. The summed E-state index contributed by atoms with van der Waals surface area (Å²) in [6.07, 6.45) is -0.620. The highest BCUT2D eigenvalue weighted by Gasteiger charge is 2.14. The quantitative estimate of drug-likeness (QED) is 0.885. The first-order valence-corrected chi connectivity index (χ1v) is 6.72. The van der Waals surface area contributed by atoms with Crippen LogP contribution in [0.3, 0.4) is 0 Å². The van der Waals surface area contributed by atoms with E-state index in [0.717, 1.165) is 28.5 Å². The Bertz CT molecular complexity index is 629. The van der Waals surface area contributed by atoms with Crippen molar-refractivity contribution >= 4 is 5.69 Å². The van der Waals surface area contributed by atoms with Gasteiger partial charge in [0.15, 0.2) is 11.5 Å². The predicted octanol–water partition coefficient (Wildman–Crippen LogP) is 2.57. The molecule has 0 spiro atoms. The second-order valence-electron chi connectivity index (χ2n) is 4.74. The van der Waals surface area contributed by atoms with Crippen molar-refractivity contribution in [2.75, 3.05) is 25.8 Å². The molecule has 0 saturated heterocycles. The lowest BCUT2D eigenvalue weighted by Crippen LogP contribution is -2.12. The third kappa shape index (κ3) is 3.03. The van der Waals surface area contributed by atoms with E-state index in [1.165, 1.54) is 0 Å². The number of hydrogen-bond acceptors (Lipinski definition) is 5. The van der Waals surface area contributed by atoms with E-state index in [4.69, 9.17) is 14.2 Å². The van der Waals surface area contributed by atoms with Crippen LogP contribution in [0.1, 0.15) is 11.7 Å². The van der Waals surface area contributed by atoms with Crippen molar-refractivity contribution in [2.24, 2.45) is 0 Å². The fraction of sp³-hybridized carbons (Fsp3) is 0.250. The molecule has 1 heterocycles. The topological polar surface area (TPSA) is 60.0 Å². The van der Waals surface area contributed by atoms with Crippen LogP contribution in [0.4, 0.5) is 5.69 Å². The highest BCUT2D eigenvalue weighted by atomic mass is 16.7. The van der Waals surface area contributed by atoms with Crippen molar-refractivity contribution < 1.29 is 19.3 Å². The zero-order valence-corrected chi connectivity index (χ0v) is 11.7. The summed E-state index contributed by atoms with van der Waals surface area (Å²) in [6.45, 7) is 0.651. The van der Waals surface area contributed by atoms with Gasteiger partial charge in [-0.2, -0.15) is 0 Å². The summed E-state index contributed by atoms with van der Waals surface area (Å²) in [7, 11) is 1.61. The average molecular weight is 287 g/mol. The Kier molecular flexibility index (Phi) is 3.83. The van der Waals surface area contributed by atoms with E-state index in [1.807, 2.05) is 42.5 Å². The molecule has 0 bridgehead atoms. The van der Waals surface area contributed by atoms with Gasteiger partial charge in [-0.05, 0) is 29.8 Å². The molecule has 2 N–H and O–H groups in total. The lowest BCUT2D eigenvalue weighted by Gasteiger charge is -2.14. The third-order valence-electron chi connectivity index (χ3n) is 3.35. The van der Waals surface area contributed by atoms with E-state index >= 15 is 0 Å². The molecule has 1 aliphatic rings. The van der Waals surface area contributed by atoms with Crippen LogP contribution in [0.15, 0.2) is 42.5 Å². The molecule has 2 aromatic carbocycles.